The Labute approximate surface area is 185 Å². The lowest BCUT2D eigenvalue weighted by Crippen LogP contribution is -2.15. The first-order chi connectivity index (χ1) is 15.8. The SMILES string of the molecule is O=C(Nc1cc(-c2ccccc2)nn1-c1ccccc1)c1ccc(Cn2cncn2)cc1. The van der Waals surface area contributed by atoms with Crippen molar-refractivity contribution >= 4 is 11.7 Å². The van der Waals surface area contributed by atoms with Gasteiger partial charge >= 0.3 is 0 Å². The monoisotopic (exact) mass is 420 g/mol. The van der Waals surface area contributed by atoms with Gasteiger partial charge in [0, 0.05) is 17.2 Å². The lowest BCUT2D eigenvalue weighted by molar-refractivity contribution is 0.102. The Hall–Kier alpha value is -4.52. The molecule has 32 heavy (non-hydrogen) atoms. The first kappa shape index (κ1) is 19.4. The fourth-order valence-corrected chi connectivity index (χ4v) is 3.44. The van der Waals surface area contributed by atoms with E-state index in [0.29, 0.717) is 17.9 Å². The van der Waals surface area contributed by atoms with Crippen LogP contribution >= 0.6 is 0 Å². The topological polar surface area (TPSA) is 77.6 Å². The molecule has 0 saturated heterocycles. The molecule has 1 N–H and O–H groups in total. The number of para-hydroxylation sites is 1. The van der Waals surface area contributed by atoms with E-state index < -0.39 is 0 Å². The normalized spacial score (nSPS) is 10.8. The third-order valence-electron chi connectivity index (χ3n) is 5.05. The maximum Gasteiger partial charge on any atom is 0.256 e. The standard InChI is InChI=1S/C25H20N6O/c32-25(21-13-11-19(12-14-21)16-30-18-26-17-27-30)28-24-15-23(20-7-3-1-4-8-20)29-31(24)22-9-5-2-6-10-22/h1-15,17-18H,16H2,(H,28,32). The quantitative estimate of drug-likeness (QED) is 0.441. The summed E-state index contributed by atoms with van der Waals surface area (Å²) in [6.07, 6.45) is 3.16. The van der Waals surface area contributed by atoms with Gasteiger partial charge in [0.25, 0.3) is 5.91 Å². The molecule has 0 aliphatic rings. The molecule has 5 rings (SSSR count). The average Bonchev–Trinajstić information content (AvgIpc) is 3.51. The number of amides is 1. The van der Waals surface area contributed by atoms with Gasteiger partial charge in [-0.1, -0.05) is 60.7 Å². The highest BCUT2D eigenvalue weighted by molar-refractivity contribution is 6.04. The van der Waals surface area contributed by atoms with Crippen LogP contribution in [0.2, 0.25) is 0 Å². The molecule has 0 aliphatic carbocycles. The minimum absolute atomic E-state index is 0.200. The summed E-state index contributed by atoms with van der Waals surface area (Å²) in [5, 5.41) is 11.9. The molecule has 2 heterocycles. The number of carbonyl (C=O) groups is 1. The molecule has 0 spiro atoms. The molecule has 156 valence electrons. The Morgan fingerprint density at radius 1 is 0.875 bits per heavy atom. The fourth-order valence-electron chi connectivity index (χ4n) is 3.44. The third kappa shape index (κ3) is 4.17. The number of anilines is 1. The fraction of sp³-hybridized carbons (Fsp3) is 0.0400. The van der Waals surface area contributed by atoms with Crippen LogP contribution in [0, 0.1) is 0 Å². The van der Waals surface area contributed by atoms with Crippen LogP contribution in [0.1, 0.15) is 15.9 Å². The van der Waals surface area contributed by atoms with Crippen LogP contribution in [0.25, 0.3) is 16.9 Å². The minimum Gasteiger partial charge on any atom is -0.306 e. The van der Waals surface area contributed by atoms with Crippen LogP contribution in [0.3, 0.4) is 0 Å². The summed E-state index contributed by atoms with van der Waals surface area (Å²) < 4.78 is 3.48. The number of nitrogens with zero attached hydrogens (tertiary/aromatic N) is 5. The molecule has 3 aromatic carbocycles. The van der Waals surface area contributed by atoms with Crippen molar-refractivity contribution in [1.29, 1.82) is 0 Å². The Balaban J connectivity index is 1.41. The van der Waals surface area contributed by atoms with E-state index in [2.05, 4.69) is 15.4 Å². The summed E-state index contributed by atoms with van der Waals surface area (Å²) in [5.74, 6) is 0.403. The third-order valence-corrected chi connectivity index (χ3v) is 5.05. The summed E-state index contributed by atoms with van der Waals surface area (Å²) in [6, 6.07) is 29.0. The van der Waals surface area contributed by atoms with E-state index in [4.69, 9.17) is 5.10 Å². The predicted octanol–water partition coefficient (Wildman–Crippen LogP) is 4.43. The molecule has 1 amide bonds. The number of hydrogen-bond acceptors (Lipinski definition) is 4. The lowest BCUT2D eigenvalue weighted by atomic mass is 10.1. The first-order valence-electron chi connectivity index (χ1n) is 10.2. The van der Waals surface area contributed by atoms with Crippen LogP contribution in [0.4, 0.5) is 5.82 Å². The van der Waals surface area contributed by atoms with Crippen molar-refractivity contribution in [1.82, 2.24) is 24.5 Å². The molecular weight excluding hydrogens is 400 g/mol. The van der Waals surface area contributed by atoms with E-state index in [9.17, 15) is 4.79 Å². The van der Waals surface area contributed by atoms with Crippen molar-refractivity contribution < 1.29 is 4.79 Å². The first-order valence-corrected chi connectivity index (χ1v) is 10.2. The smallest absolute Gasteiger partial charge is 0.256 e. The molecule has 0 aliphatic heterocycles. The molecule has 7 nitrogen and oxygen atoms in total. The number of carbonyl (C=O) groups excluding carboxylic acids is 1. The van der Waals surface area contributed by atoms with Gasteiger partial charge < -0.3 is 5.32 Å². The zero-order valence-corrected chi connectivity index (χ0v) is 17.2. The summed E-state index contributed by atoms with van der Waals surface area (Å²) in [4.78, 5) is 16.9. The van der Waals surface area contributed by atoms with Crippen molar-refractivity contribution in [3.63, 3.8) is 0 Å². The second-order valence-corrected chi connectivity index (χ2v) is 7.27. The molecule has 0 unspecified atom stereocenters. The van der Waals surface area contributed by atoms with E-state index in [1.54, 1.807) is 15.7 Å². The minimum atomic E-state index is -0.200. The maximum atomic E-state index is 13.0. The van der Waals surface area contributed by atoms with Gasteiger partial charge in [0.05, 0.1) is 17.9 Å². The van der Waals surface area contributed by atoms with Crippen LogP contribution in [0.5, 0.6) is 0 Å². The molecule has 0 radical (unpaired) electrons. The summed E-state index contributed by atoms with van der Waals surface area (Å²) in [5.41, 5.74) is 4.23. The maximum absolute atomic E-state index is 13.0. The molecule has 0 atom stereocenters. The van der Waals surface area contributed by atoms with Crippen LogP contribution in [-0.4, -0.2) is 30.5 Å². The highest BCUT2D eigenvalue weighted by atomic mass is 16.1. The largest absolute Gasteiger partial charge is 0.306 e. The van der Waals surface area contributed by atoms with E-state index >= 15 is 0 Å². The van der Waals surface area contributed by atoms with Gasteiger partial charge in [-0.2, -0.15) is 10.2 Å². The van der Waals surface area contributed by atoms with Gasteiger partial charge in [-0.3, -0.25) is 4.79 Å². The molecule has 0 bridgehead atoms. The van der Waals surface area contributed by atoms with Gasteiger partial charge in [0.2, 0.25) is 0 Å². The van der Waals surface area contributed by atoms with Crippen molar-refractivity contribution in [2.45, 2.75) is 6.54 Å². The molecule has 0 fully saturated rings. The average molecular weight is 420 g/mol. The van der Waals surface area contributed by atoms with Crippen LogP contribution in [-0.2, 0) is 6.54 Å². The van der Waals surface area contributed by atoms with Crippen LogP contribution in [0.15, 0.2) is 104 Å². The zero-order valence-electron chi connectivity index (χ0n) is 17.2. The highest BCUT2D eigenvalue weighted by Gasteiger charge is 2.15. The number of aromatic nitrogens is 5. The highest BCUT2D eigenvalue weighted by Crippen LogP contribution is 2.25. The van der Waals surface area contributed by atoms with Crippen molar-refractivity contribution in [3.8, 4) is 16.9 Å². The Kier molecular flexibility index (Phi) is 5.28. The summed E-state index contributed by atoms with van der Waals surface area (Å²) in [7, 11) is 0. The van der Waals surface area contributed by atoms with Crippen LogP contribution < -0.4 is 5.32 Å². The second-order valence-electron chi connectivity index (χ2n) is 7.27. The Bertz CT molecular complexity index is 1310. The van der Waals surface area contributed by atoms with Gasteiger partial charge in [-0.05, 0) is 29.8 Å². The Morgan fingerprint density at radius 3 is 2.28 bits per heavy atom. The number of rotatable bonds is 6. The molecule has 7 heteroatoms. The van der Waals surface area contributed by atoms with E-state index in [-0.39, 0.29) is 5.91 Å². The van der Waals surface area contributed by atoms with E-state index in [0.717, 1.165) is 22.5 Å². The Morgan fingerprint density at radius 2 is 1.59 bits per heavy atom. The zero-order chi connectivity index (χ0) is 21.8. The van der Waals surface area contributed by atoms with Gasteiger partial charge in [0.1, 0.15) is 18.5 Å². The predicted molar refractivity (Wildman–Crippen MR) is 123 cm³/mol. The second kappa shape index (κ2) is 8.69. The van der Waals surface area contributed by atoms with E-state index in [1.165, 1.54) is 6.33 Å². The summed E-state index contributed by atoms with van der Waals surface area (Å²) >= 11 is 0. The number of benzene rings is 3. The van der Waals surface area contributed by atoms with Gasteiger partial charge in [-0.25, -0.2) is 14.3 Å². The van der Waals surface area contributed by atoms with Gasteiger partial charge in [0.15, 0.2) is 0 Å². The molecule has 2 aromatic heterocycles. The van der Waals surface area contributed by atoms with Crippen molar-refractivity contribution in [2.75, 3.05) is 5.32 Å². The number of nitrogens with one attached hydrogen (secondary N) is 1. The molecule has 5 aromatic rings. The van der Waals surface area contributed by atoms with Crippen molar-refractivity contribution in [2.24, 2.45) is 0 Å². The molecule has 0 saturated carbocycles. The van der Waals surface area contributed by atoms with E-state index in [1.807, 2.05) is 91.0 Å². The summed E-state index contributed by atoms with van der Waals surface area (Å²) in [6.45, 7) is 0.600. The molecular formula is C25H20N6O. The van der Waals surface area contributed by atoms with Gasteiger partial charge in [-0.15, -0.1) is 0 Å². The van der Waals surface area contributed by atoms with Crippen molar-refractivity contribution in [3.05, 3.63) is 115 Å². The number of hydrogen-bond donors (Lipinski definition) is 1. The lowest BCUT2D eigenvalue weighted by Gasteiger charge is -2.09.